The standard InChI is InChI=1S/C13H20BrN3O2S/c1-2-17-7-3-4-10(9-17)16-20(18,19)11-5-6-13(15)12(14)8-11/h5-6,8,10,16H,2-4,7,9,15H2,1H3. The first-order valence-corrected chi connectivity index (χ1v) is 8.99. The first-order valence-electron chi connectivity index (χ1n) is 6.72. The van der Waals surface area contributed by atoms with Crippen LogP contribution in [0.5, 0.6) is 0 Å². The molecule has 1 atom stereocenters. The SMILES string of the molecule is CCN1CCCC(NS(=O)(=O)c2ccc(N)c(Br)c2)C1. The van der Waals surface area contributed by atoms with Gasteiger partial charge in [-0.05, 0) is 60.1 Å². The molecular weight excluding hydrogens is 342 g/mol. The highest BCUT2D eigenvalue weighted by molar-refractivity contribution is 9.10. The van der Waals surface area contributed by atoms with E-state index in [2.05, 4.69) is 32.5 Å². The average Bonchev–Trinajstić information content (AvgIpc) is 2.41. The van der Waals surface area contributed by atoms with Crippen molar-refractivity contribution in [1.82, 2.24) is 9.62 Å². The Hall–Kier alpha value is -0.630. The molecular formula is C13H20BrN3O2S. The van der Waals surface area contributed by atoms with E-state index in [1.54, 1.807) is 6.07 Å². The fourth-order valence-electron chi connectivity index (χ4n) is 2.40. The highest BCUT2D eigenvalue weighted by atomic mass is 79.9. The molecule has 1 saturated heterocycles. The maximum atomic E-state index is 12.4. The number of hydrogen-bond acceptors (Lipinski definition) is 4. The Morgan fingerprint density at radius 2 is 2.25 bits per heavy atom. The van der Waals surface area contributed by atoms with Crippen LogP contribution in [0.2, 0.25) is 0 Å². The number of likely N-dealkylation sites (tertiary alicyclic amines) is 1. The smallest absolute Gasteiger partial charge is 0.240 e. The van der Waals surface area contributed by atoms with Crippen LogP contribution in [0, 0.1) is 0 Å². The molecule has 0 aliphatic carbocycles. The predicted octanol–water partition coefficient (Wildman–Crippen LogP) is 1.79. The zero-order valence-electron chi connectivity index (χ0n) is 11.5. The quantitative estimate of drug-likeness (QED) is 0.801. The molecule has 1 unspecified atom stereocenters. The number of hydrogen-bond donors (Lipinski definition) is 2. The molecule has 1 aliphatic heterocycles. The fourth-order valence-corrected chi connectivity index (χ4v) is 4.22. The molecule has 1 aromatic rings. The molecule has 1 aromatic carbocycles. The van der Waals surface area contributed by atoms with Crippen LogP contribution in [-0.2, 0) is 10.0 Å². The number of halogens is 1. The summed E-state index contributed by atoms with van der Waals surface area (Å²) in [5.41, 5.74) is 6.21. The summed E-state index contributed by atoms with van der Waals surface area (Å²) in [5, 5.41) is 0. The molecule has 3 N–H and O–H groups in total. The van der Waals surface area contributed by atoms with Gasteiger partial charge in [-0.15, -0.1) is 0 Å². The minimum Gasteiger partial charge on any atom is -0.398 e. The summed E-state index contributed by atoms with van der Waals surface area (Å²) in [6, 6.07) is 4.64. The maximum Gasteiger partial charge on any atom is 0.240 e. The van der Waals surface area contributed by atoms with Gasteiger partial charge in [0.1, 0.15) is 0 Å². The van der Waals surface area contributed by atoms with Crippen LogP contribution in [0.25, 0.3) is 0 Å². The summed E-state index contributed by atoms with van der Waals surface area (Å²) in [7, 11) is -3.49. The third-order valence-electron chi connectivity index (χ3n) is 3.56. The fraction of sp³-hybridized carbons (Fsp3) is 0.538. The number of rotatable bonds is 4. The number of nitrogens with zero attached hydrogens (tertiary/aromatic N) is 1. The van der Waals surface area contributed by atoms with Crippen molar-refractivity contribution >= 4 is 31.6 Å². The Kier molecular flexibility index (Phi) is 5.06. The summed E-state index contributed by atoms with van der Waals surface area (Å²) < 4.78 is 28.1. The van der Waals surface area contributed by atoms with Gasteiger partial charge in [0.15, 0.2) is 0 Å². The van der Waals surface area contributed by atoms with Crippen LogP contribution < -0.4 is 10.5 Å². The van der Waals surface area contributed by atoms with Crippen molar-refractivity contribution in [3.05, 3.63) is 22.7 Å². The number of nitrogens with two attached hydrogens (primary N) is 1. The molecule has 5 nitrogen and oxygen atoms in total. The van der Waals surface area contributed by atoms with Gasteiger partial charge in [0.05, 0.1) is 4.90 Å². The van der Waals surface area contributed by atoms with Crippen LogP contribution in [0.3, 0.4) is 0 Å². The van der Waals surface area contributed by atoms with E-state index >= 15 is 0 Å². The van der Waals surface area contributed by atoms with Gasteiger partial charge in [-0.3, -0.25) is 0 Å². The molecule has 2 rings (SSSR count). The predicted molar refractivity (Wildman–Crippen MR) is 84.0 cm³/mol. The lowest BCUT2D eigenvalue weighted by atomic mass is 10.1. The van der Waals surface area contributed by atoms with Crippen LogP contribution in [-0.4, -0.2) is 39.0 Å². The second kappa shape index (κ2) is 6.43. The highest BCUT2D eigenvalue weighted by Crippen LogP contribution is 2.23. The molecule has 1 fully saturated rings. The molecule has 0 bridgehead atoms. The average molecular weight is 362 g/mol. The van der Waals surface area contributed by atoms with Crippen LogP contribution in [0.15, 0.2) is 27.6 Å². The second-order valence-electron chi connectivity index (χ2n) is 5.04. The van der Waals surface area contributed by atoms with Crippen molar-refractivity contribution < 1.29 is 8.42 Å². The lowest BCUT2D eigenvalue weighted by molar-refractivity contribution is 0.211. The molecule has 1 heterocycles. The number of likely N-dealkylation sites (N-methyl/N-ethyl adjacent to an activating group) is 1. The van der Waals surface area contributed by atoms with Crippen LogP contribution >= 0.6 is 15.9 Å². The maximum absolute atomic E-state index is 12.4. The molecule has 0 amide bonds. The third kappa shape index (κ3) is 3.72. The Balaban J connectivity index is 2.12. The van der Waals surface area contributed by atoms with Gasteiger partial charge < -0.3 is 10.6 Å². The van der Waals surface area contributed by atoms with Crippen molar-refractivity contribution in [1.29, 1.82) is 0 Å². The highest BCUT2D eigenvalue weighted by Gasteiger charge is 2.24. The van der Waals surface area contributed by atoms with Crippen molar-refractivity contribution in [3.8, 4) is 0 Å². The van der Waals surface area contributed by atoms with Gasteiger partial charge >= 0.3 is 0 Å². The minimum absolute atomic E-state index is 0.0231. The van der Waals surface area contributed by atoms with E-state index in [0.717, 1.165) is 32.5 Å². The zero-order chi connectivity index (χ0) is 14.8. The number of nitrogen functional groups attached to an aromatic ring is 1. The summed E-state index contributed by atoms with van der Waals surface area (Å²) in [5.74, 6) is 0. The molecule has 1 aliphatic rings. The van der Waals surface area contributed by atoms with Crippen LogP contribution in [0.1, 0.15) is 19.8 Å². The number of benzene rings is 1. The number of sulfonamides is 1. The van der Waals surface area contributed by atoms with Crippen molar-refractivity contribution in [2.45, 2.75) is 30.7 Å². The lowest BCUT2D eigenvalue weighted by Gasteiger charge is -2.32. The summed E-state index contributed by atoms with van der Waals surface area (Å²) in [6.07, 6.45) is 1.90. The van der Waals surface area contributed by atoms with E-state index in [-0.39, 0.29) is 10.9 Å². The molecule has 112 valence electrons. The monoisotopic (exact) mass is 361 g/mol. The molecule has 0 spiro atoms. The number of piperidine rings is 1. The Bertz CT molecular complexity index is 577. The van der Waals surface area contributed by atoms with E-state index < -0.39 is 10.0 Å². The van der Waals surface area contributed by atoms with Crippen molar-refractivity contribution in [2.24, 2.45) is 0 Å². The Morgan fingerprint density at radius 1 is 1.50 bits per heavy atom. The van der Waals surface area contributed by atoms with E-state index in [4.69, 9.17) is 5.73 Å². The van der Waals surface area contributed by atoms with Gasteiger partial charge in [-0.1, -0.05) is 6.92 Å². The summed E-state index contributed by atoms with van der Waals surface area (Å²) in [6.45, 7) is 4.85. The van der Waals surface area contributed by atoms with Crippen LogP contribution in [0.4, 0.5) is 5.69 Å². The van der Waals surface area contributed by atoms with Crippen molar-refractivity contribution in [3.63, 3.8) is 0 Å². The molecule has 0 radical (unpaired) electrons. The number of nitrogens with one attached hydrogen (secondary N) is 1. The molecule has 7 heteroatoms. The van der Waals surface area contributed by atoms with Gasteiger partial charge in [-0.25, -0.2) is 13.1 Å². The van der Waals surface area contributed by atoms with E-state index in [1.807, 2.05) is 0 Å². The van der Waals surface area contributed by atoms with Gasteiger partial charge in [-0.2, -0.15) is 0 Å². The molecule has 20 heavy (non-hydrogen) atoms. The van der Waals surface area contributed by atoms with Gasteiger partial charge in [0, 0.05) is 22.7 Å². The first-order chi connectivity index (χ1) is 9.42. The largest absolute Gasteiger partial charge is 0.398 e. The molecule has 0 saturated carbocycles. The van der Waals surface area contributed by atoms with E-state index in [9.17, 15) is 8.42 Å². The summed E-state index contributed by atoms with van der Waals surface area (Å²) >= 11 is 3.26. The van der Waals surface area contributed by atoms with E-state index in [1.165, 1.54) is 12.1 Å². The topological polar surface area (TPSA) is 75.4 Å². The first kappa shape index (κ1) is 15.8. The van der Waals surface area contributed by atoms with Crippen molar-refractivity contribution in [2.75, 3.05) is 25.4 Å². The number of anilines is 1. The third-order valence-corrected chi connectivity index (χ3v) is 5.76. The minimum atomic E-state index is -3.49. The zero-order valence-corrected chi connectivity index (χ0v) is 13.9. The Morgan fingerprint density at radius 3 is 2.90 bits per heavy atom. The summed E-state index contributed by atoms with van der Waals surface area (Å²) in [4.78, 5) is 2.50. The van der Waals surface area contributed by atoms with E-state index in [0.29, 0.717) is 10.2 Å². The molecule has 0 aromatic heterocycles. The van der Waals surface area contributed by atoms with Gasteiger partial charge in [0.2, 0.25) is 10.0 Å². The lowest BCUT2D eigenvalue weighted by Crippen LogP contribution is -2.47. The second-order valence-corrected chi connectivity index (χ2v) is 7.61. The Labute approximate surface area is 128 Å². The van der Waals surface area contributed by atoms with Gasteiger partial charge in [0.25, 0.3) is 0 Å². The normalized spacial score (nSPS) is 21.0.